The maximum Gasteiger partial charge on any atom is 0.387 e. The molecule has 114 valence electrons. The van der Waals surface area contributed by atoms with E-state index in [1.165, 1.54) is 24.3 Å². The number of halogens is 2. The Bertz CT molecular complexity index is 518. The molecule has 0 spiro atoms. The molecule has 7 heteroatoms. The van der Waals surface area contributed by atoms with Crippen LogP contribution in [0.5, 0.6) is 5.75 Å². The summed E-state index contributed by atoms with van der Waals surface area (Å²) in [5.74, 6) is -1.92. The van der Waals surface area contributed by atoms with E-state index < -0.39 is 18.5 Å². The third-order valence-electron chi connectivity index (χ3n) is 3.50. The van der Waals surface area contributed by atoms with Crippen LogP contribution in [0.15, 0.2) is 24.3 Å². The molecule has 1 aliphatic rings. The second-order valence-corrected chi connectivity index (χ2v) is 4.94. The number of rotatable bonds is 5. The van der Waals surface area contributed by atoms with E-state index in [1.807, 2.05) is 0 Å². The smallest absolute Gasteiger partial charge is 0.387 e. The Labute approximate surface area is 119 Å². The van der Waals surface area contributed by atoms with Gasteiger partial charge in [-0.25, -0.2) is 0 Å². The van der Waals surface area contributed by atoms with Crippen molar-refractivity contribution >= 4 is 17.6 Å². The summed E-state index contributed by atoms with van der Waals surface area (Å²) in [6.07, 6.45) is 1.36. The van der Waals surface area contributed by atoms with Gasteiger partial charge in [0.05, 0.1) is 5.92 Å². The molecule has 1 amide bonds. The molecule has 1 aromatic carbocycles. The minimum atomic E-state index is -2.89. The van der Waals surface area contributed by atoms with Crippen LogP contribution in [-0.4, -0.2) is 23.6 Å². The number of anilines is 1. The summed E-state index contributed by atoms with van der Waals surface area (Å²) in [5.41, 5.74) is 0.459. The van der Waals surface area contributed by atoms with Crippen molar-refractivity contribution in [3.05, 3.63) is 24.3 Å². The van der Waals surface area contributed by atoms with Gasteiger partial charge >= 0.3 is 12.6 Å². The number of ether oxygens (including phenoxy) is 1. The van der Waals surface area contributed by atoms with Gasteiger partial charge in [0.2, 0.25) is 5.91 Å². The molecule has 5 nitrogen and oxygen atoms in total. The van der Waals surface area contributed by atoms with Crippen molar-refractivity contribution in [2.45, 2.75) is 25.9 Å². The van der Waals surface area contributed by atoms with E-state index in [2.05, 4.69) is 10.1 Å². The Morgan fingerprint density at radius 3 is 2.33 bits per heavy atom. The molecule has 2 N–H and O–H groups in total. The fourth-order valence-electron chi connectivity index (χ4n) is 2.41. The zero-order valence-electron chi connectivity index (χ0n) is 11.1. The molecule has 1 aromatic rings. The first-order chi connectivity index (χ1) is 9.95. The Morgan fingerprint density at radius 2 is 1.81 bits per heavy atom. The lowest BCUT2D eigenvalue weighted by Crippen LogP contribution is -2.21. The first-order valence-corrected chi connectivity index (χ1v) is 6.54. The van der Waals surface area contributed by atoms with Gasteiger partial charge in [0, 0.05) is 11.6 Å². The Hall–Kier alpha value is -2.18. The number of amides is 1. The molecule has 0 aromatic heterocycles. The highest BCUT2D eigenvalue weighted by molar-refractivity contribution is 5.93. The predicted octanol–water partition coefficient (Wildman–Crippen LogP) is 2.73. The average molecular weight is 299 g/mol. The number of hydrogen-bond donors (Lipinski definition) is 2. The third kappa shape index (κ3) is 4.14. The van der Waals surface area contributed by atoms with Crippen molar-refractivity contribution in [1.29, 1.82) is 0 Å². The van der Waals surface area contributed by atoms with Crippen LogP contribution in [0.1, 0.15) is 19.3 Å². The summed E-state index contributed by atoms with van der Waals surface area (Å²) in [6.45, 7) is -2.89. The first kappa shape index (κ1) is 15.2. The van der Waals surface area contributed by atoms with Gasteiger partial charge in [0.15, 0.2) is 0 Å². The van der Waals surface area contributed by atoms with E-state index in [0.29, 0.717) is 24.9 Å². The molecule has 0 heterocycles. The Balaban J connectivity index is 1.89. The molecular weight excluding hydrogens is 284 g/mol. The van der Waals surface area contributed by atoms with Crippen LogP contribution in [0.25, 0.3) is 0 Å². The number of alkyl halides is 2. The van der Waals surface area contributed by atoms with Crippen molar-refractivity contribution in [3.8, 4) is 5.75 Å². The summed E-state index contributed by atoms with van der Waals surface area (Å²) >= 11 is 0. The Morgan fingerprint density at radius 1 is 1.19 bits per heavy atom. The predicted molar refractivity (Wildman–Crippen MR) is 70.2 cm³/mol. The lowest BCUT2D eigenvalue weighted by molar-refractivity contribution is -0.141. The highest BCUT2D eigenvalue weighted by atomic mass is 19.3. The van der Waals surface area contributed by atoms with Gasteiger partial charge in [-0.2, -0.15) is 8.78 Å². The van der Waals surface area contributed by atoms with E-state index >= 15 is 0 Å². The average Bonchev–Trinajstić information content (AvgIpc) is 2.90. The molecule has 21 heavy (non-hydrogen) atoms. The second kappa shape index (κ2) is 6.51. The van der Waals surface area contributed by atoms with Crippen molar-refractivity contribution < 1.29 is 28.2 Å². The van der Waals surface area contributed by atoms with Crippen LogP contribution in [0.3, 0.4) is 0 Å². The fraction of sp³-hybridized carbons (Fsp3) is 0.429. The lowest BCUT2D eigenvalue weighted by atomic mass is 10.0. The normalized spacial score (nSPS) is 21.3. The van der Waals surface area contributed by atoms with E-state index in [0.717, 1.165) is 0 Å². The SMILES string of the molecule is O=C(O)[C@@H]1CC[C@H](C(=O)Nc2ccc(OC(F)F)cc2)C1. The molecule has 0 unspecified atom stereocenters. The minimum absolute atomic E-state index is 0.00908. The van der Waals surface area contributed by atoms with Gasteiger partial charge < -0.3 is 15.2 Å². The molecule has 1 aliphatic carbocycles. The van der Waals surface area contributed by atoms with Crippen LogP contribution in [0, 0.1) is 11.8 Å². The van der Waals surface area contributed by atoms with Crippen molar-refractivity contribution in [3.63, 3.8) is 0 Å². The summed E-state index contributed by atoms with van der Waals surface area (Å²) < 4.78 is 28.2. The summed E-state index contributed by atoms with van der Waals surface area (Å²) in [4.78, 5) is 22.8. The maximum atomic E-state index is 12.0. The molecule has 0 saturated heterocycles. The number of hydrogen-bond acceptors (Lipinski definition) is 3. The number of carboxylic acid groups (broad SMARTS) is 1. The van der Waals surface area contributed by atoms with Gasteiger partial charge in [-0.3, -0.25) is 9.59 Å². The number of carbonyl (C=O) groups is 2. The summed E-state index contributed by atoms with van der Waals surface area (Å²) in [5, 5.41) is 11.5. The van der Waals surface area contributed by atoms with E-state index in [4.69, 9.17) is 5.11 Å². The Kier molecular flexibility index (Phi) is 4.72. The van der Waals surface area contributed by atoms with E-state index in [9.17, 15) is 18.4 Å². The van der Waals surface area contributed by atoms with Crippen LogP contribution in [0.4, 0.5) is 14.5 Å². The zero-order valence-corrected chi connectivity index (χ0v) is 11.1. The summed E-state index contributed by atoms with van der Waals surface area (Å²) in [7, 11) is 0. The molecule has 1 saturated carbocycles. The second-order valence-electron chi connectivity index (χ2n) is 4.94. The van der Waals surface area contributed by atoms with Gasteiger partial charge in [-0.15, -0.1) is 0 Å². The molecular formula is C14H15F2NO4. The summed E-state index contributed by atoms with van der Waals surface area (Å²) in [6, 6.07) is 5.57. The standard InChI is InChI=1S/C14H15F2NO4/c15-14(16)21-11-5-3-10(4-6-11)17-12(18)8-1-2-9(7-8)13(19)20/h3-6,8-9,14H,1-2,7H2,(H,17,18)(H,19,20)/t8-,9+/m0/s1. The number of nitrogens with one attached hydrogen (secondary N) is 1. The molecule has 0 bridgehead atoms. The molecule has 1 fully saturated rings. The van der Waals surface area contributed by atoms with Gasteiger partial charge in [-0.1, -0.05) is 0 Å². The molecule has 2 rings (SSSR count). The molecule has 2 atom stereocenters. The van der Waals surface area contributed by atoms with Crippen LogP contribution in [-0.2, 0) is 9.59 Å². The van der Waals surface area contributed by atoms with Crippen molar-refractivity contribution in [2.24, 2.45) is 11.8 Å². The third-order valence-corrected chi connectivity index (χ3v) is 3.50. The van der Waals surface area contributed by atoms with E-state index in [1.54, 1.807) is 0 Å². The molecule has 0 aliphatic heterocycles. The number of aliphatic carboxylic acids is 1. The topological polar surface area (TPSA) is 75.6 Å². The maximum absolute atomic E-state index is 12.0. The van der Waals surface area contributed by atoms with Gasteiger partial charge in [0.1, 0.15) is 5.75 Å². The van der Waals surface area contributed by atoms with Crippen LogP contribution in [0.2, 0.25) is 0 Å². The lowest BCUT2D eigenvalue weighted by Gasteiger charge is -2.11. The van der Waals surface area contributed by atoms with Gasteiger partial charge in [-0.05, 0) is 43.5 Å². The highest BCUT2D eigenvalue weighted by Gasteiger charge is 2.33. The molecule has 0 radical (unpaired) electrons. The van der Waals surface area contributed by atoms with Crippen molar-refractivity contribution in [2.75, 3.05) is 5.32 Å². The van der Waals surface area contributed by atoms with Gasteiger partial charge in [0.25, 0.3) is 0 Å². The van der Waals surface area contributed by atoms with Crippen molar-refractivity contribution in [1.82, 2.24) is 0 Å². The van der Waals surface area contributed by atoms with Crippen LogP contribution >= 0.6 is 0 Å². The number of carbonyl (C=O) groups excluding carboxylic acids is 1. The largest absolute Gasteiger partial charge is 0.481 e. The quantitative estimate of drug-likeness (QED) is 0.876. The fourth-order valence-corrected chi connectivity index (χ4v) is 2.41. The van der Waals surface area contributed by atoms with Crippen LogP contribution < -0.4 is 10.1 Å². The monoisotopic (exact) mass is 299 g/mol. The van der Waals surface area contributed by atoms with E-state index in [-0.39, 0.29) is 17.6 Å². The number of benzene rings is 1. The highest BCUT2D eigenvalue weighted by Crippen LogP contribution is 2.32. The number of carboxylic acids is 1. The first-order valence-electron chi connectivity index (χ1n) is 6.54. The minimum Gasteiger partial charge on any atom is -0.481 e. The zero-order chi connectivity index (χ0) is 15.4.